The van der Waals surface area contributed by atoms with E-state index in [0.717, 1.165) is 18.8 Å². The Kier molecular flexibility index (Phi) is 8.09. The number of nitrogens with zero attached hydrogens (tertiary/aromatic N) is 1. The van der Waals surface area contributed by atoms with Crippen LogP contribution in [0.25, 0.3) is 0 Å². The fourth-order valence-corrected chi connectivity index (χ4v) is 3.90. The third kappa shape index (κ3) is 6.12. The van der Waals surface area contributed by atoms with Crippen LogP contribution in [0.15, 0.2) is 48.7 Å². The molecule has 1 heterocycles. The van der Waals surface area contributed by atoms with Gasteiger partial charge in [-0.25, -0.2) is 0 Å². The molecule has 0 aliphatic heterocycles. The fourth-order valence-electron chi connectivity index (χ4n) is 3.90. The van der Waals surface area contributed by atoms with Crippen LogP contribution in [0.2, 0.25) is 0 Å². The summed E-state index contributed by atoms with van der Waals surface area (Å²) in [6, 6.07) is 10.3. The molecule has 1 aliphatic rings. The molecule has 26 heavy (non-hydrogen) atoms. The molecule has 1 nitrogen and oxygen atoms in total. The lowest BCUT2D eigenvalue weighted by Gasteiger charge is -2.16. The van der Waals surface area contributed by atoms with Gasteiger partial charge in [0.25, 0.3) is 0 Å². The van der Waals surface area contributed by atoms with Crippen molar-refractivity contribution < 1.29 is 0 Å². The zero-order valence-electron chi connectivity index (χ0n) is 17.1. The van der Waals surface area contributed by atoms with Crippen molar-refractivity contribution >= 4 is 0 Å². The SMILES string of the molecule is C=C(Cc1c(C)ncc2c1CCC2)CC(C)CCC.Cc1ccccc1. The second-order valence-electron chi connectivity index (χ2n) is 7.86. The predicted octanol–water partition coefficient (Wildman–Crippen LogP) is 6.80. The van der Waals surface area contributed by atoms with E-state index in [1.165, 1.54) is 60.1 Å². The van der Waals surface area contributed by atoms with E-state index in [9.17, 15) is 0 Å². The van der Waals surface area contributed by atoms with Crippen molar-refractivity contribution in [3.05, 3.63) is 76.6 Å². The minimum atomic E-state index is 0.766. The summed E-state index contributed by atoms with van der Waals surface area (Å²) in [5, 5.41) is 0. The predicted molar refractivity (Wildman–Crippen MR) is 114 cm³/mol. The first-order valence-electron chi connectivity index (χ1n) is 10.2. The summed E-state index contributed by atoms with van der Waals surface area (Å²) in [5.74, 6) is 0.766. The van der Waals surface area contributed by atoms with Crippen molar-refractivity contribution in [1.29, 1.82) is 0 Å². The maximum absolute atomic E-state index is 4.58. The lowest BCUT2D eigenvalue weighted by atomic mass is 9.91. The molecule has 0 radical (unpaired) electrons. The van der Waals surface area contributed by atoms with Gasteiger partial charge in [-0.3, -0.25) is 4.98 Å². The number of fused-ring (bicyclic) bond motifs is 1. The van der Waals surface area contributed by atoms with Gasteiger partial charge in [-0.2, -0.15) is 0 Å². The van der Waals surface area contributed by atoms with Crippen molar-refractivity contribution in [3.8, 4) is 0 Å². The van der Waals surface area contributed by atoms with E-state index < -0.39 is 0 Å². The number of aryl methyl sites for hydroxylation is 3. The molecule has 1 aliphatic carbocycles. The molecule has 3 rings (SSSR count). The first-order chi connectivity index (χ1) is 12.5. The standard InChI is InChI=1S/C18H27N.C7H8/c1-5-7-13(2)10-14(3)11-18-15(4)19-12-16-8-6-9-17(16)18;1-7-5-3-2-4-6-7/h12-13H,3,5-11H2,1-2,4H3;2-6H,1H3. The summed E-state index contributed by atoms with van der Waals surface area (Å²) in [6.45, 7) is 13.1. The van der Waals surface area contributed by atoms with Crippen molar-refractivity contribution in [2.45, 2.75) is 72.6 Å². The van der Waals surface area contributed by atoms with Gasteiger partial charge in [0, 0.05) is 11.9 Å². The summed E-state index contributed by atoms with van der Waals surface area (Å²) in [6.07, 6.45) is 10.6. The normalized spacial score (nSPS) is 13.5. The largest absolute Gasteiger partial charge is 0.261 e. The third-order valence-corrected chi connectivity index (χ3v) is 5.26. The van der Waals surface area contributed by atoms with Crippen LogP contribution in [0.3, 0.4) is 0 Å². The topological polar surface area (TPSA) is 12.9 Å². The monoisotopic (exact) mass is 349 g/mol. The van der Waals surface area contributed by atoms with Gasteiger partial charge >= 0.3 is 0 Å². The van der Waals surface area contributed by atoms with E-state index in [4.69, 9.17) is 0 Å². The highest BCUT2D eigenvalue weighted by atomic mass is 14.7. The highest BCUT2D eigenvalue weighted by Gasteiger charge is 2.18. The maximum Gasteiger partial charge on any atom is 0.0410 e. The molecule has 1 unspecified atom stereocenters. The molecule has 0 bridgehead atoms. The van der Waals surface area contributed by atoms with Crippen molar-refractivity contribution in [3.63, 3.8) is 0 Å². The van der Waals surface area contributed by atoms with Crippen LogP contribution >= 0.6 is 0 Å². The first kappa shape index (κ1) is 20.4. The van der Waals surface area contributed by atoms with Gasteiger partial charge in [-0.05, 0) is 68.6 Å². The van der Waals surface area contributed by atoms with Crippen LogP contribution in [-0.2, 0) is 19.3 Å². The molecule has 1 aromatic carbocycles. The molecule has 2 aromatic rings. The Morgan fingerprint density at radius 3 is 2.50 bits per heavy atom. The Balaban J connectivity index is 0.000000290. The second kappa shape index (κ2) is 10.3. The first-order valence-corrected chi connectivity index (χ1v) is 10.2. The van der Waals surface area contributed by atoms with Crippen LogP contribution in [0.5, 0.6) is 0 Å². The molecule has 1 heteroatoms. The van der Waals surface area contributed by atoms with E-state index >= 15 is 0 Å². The number of benzene rings is 1. The van der Waals surface area contributed by atoms with Crippen molar-refractivity contribution in [2.75, 3.05) is 0 Å². The quantitative estimate of drug-likeness (QED) is 0.523. The molecule has 1 aromatic heterocycles. The second-order valence-corrected chi connectivity index (χ2v) is 7.86. The molecule has 0 saturated heterocycles. The van der Waals surface area contributed by atoms with Crippen molar-refractivity contribution in [1.82, 2.24) is 4.98 Å². The number of allylic oxidation sites excluding steroid dienone is 1. The van der Waals surface area contributed by atoms with Crippen LogP contribution in [-0.4, -0.2) is 4.98 Å². The minimum Gasteiger partial charge on any atom is -0.261 e. The Hall–Kier alpha value is -1.89. The van der Waals surface area contributed by atoms with Crippen LogP contribution in [0.4, 0.5) is 0 Å². The molecule has 0 fully saturated rings. The fraction of sp³-hybridized carbons (Fsp3) is 0.480. The summed E-state index contributed by atoms with van der Waals surface area (Å²) in [7, 11) is 0. The Bertz CT molecular complexity index is 700. The van der Waals surface area contributed by atoms with E-state index in [1.54, 1.807) is 5.56 Å². The molecule has 0 amide bonds. The number of aromatic nitrogens is 1. The van der Waals surface area contributed by atoms with Crippen molar-refractivity contribution in [2.24, 2.45) is 5.92 Å². The van der Waals surface area contributed by atoms with E-state index in [2.05, 4.69) is 57.6 Å². The van der Waals surface area contributed by atoms with E-state index in [1.807, 2.05) is 18.2 Å². The van der Waals surface area contributed by atoms with Gasteiger partial charge in [0.15, 0.2) is 0 Å². The van der Waals surface area contributed by atoms with Gasteiger partial charge in [0.1, 0.15) is 0 Å². The molecule has 1 atom stereocenters. The number of rotatable bonds is 6. The average Bonchev–Trinajstić information content (AvgIpc) is 3.08. The number of pyridine rings is 1. The third-order valence-electron chi connectivity index (χ3n) is 5.26. The highest BCUT2D eigenvalue weighted by Crippen LogP contribution is 2.29. The average molecular weight is 350 g/mol. The summed E-state index contributed by atoms with van der Waals surface area (Å²) >= 11 is 0. The van der Waals surface area contributed by atoms with Gasteiger partial charge in [-0.15, -0.1) is 0 Å². The lowest BCUT2D eigenvalue weighted by molar-refractivity contribution is 0.516. The van der Waals surface area contributed by atoms with Gasteiger partial charge in [0.05, 0.1) is 0 Å². The van der Waals surface area contributed by atoms with E-state index in [-0.39, 0.29) is 0 Å². The molecular weight excluding hydrogens is 314 g/mol. The zero-order valence-corrected chi connectivity index (χ0v) is 17.1. The van der Waals surface area contributed by atoms with Gasteiger partial charge in [-0.1, -0.05) is 74.7 Å². The molecule has 0 spiro atoms. The summed E-state index contributed by atoms with van der Waals surface area (Å²) in [5.41, 5.74) is 8.45. The molecule has 140 valence electrons. The molecule has 0 saturated carbocycles. The lowest BCUT2D eigenvalue weighted by Crippen LogP contribution is -2.04. The molecular formula is C25H35N. The number of hydrogen-bond acceptors (Lipinski definition) is 1. The van der Waals surface area contributed by atoms with E-state index in [0.29, 0.717) is 0 Å². The molecule has 0 N–H and O–H groups in total. The Morgan fingerprint density at radius 1 is 1.15 bits per heavy atom. The minimum absolute atomic E-state index is 0.766. The highest BCUT2D eigenvalue weighted by molar-refractivity contribution is 5.41. The zero-order chi connectivity index (χ0) is 18.9. The van der Waals surface area contributed by atoms with Crippen LogP contribution in [0, 0.1) is 19.8 Å². The maximum atomic E-state index is 4.58. The number of hydrogen-bond donors (Lipinski definition) is 0. The Labute approximate surface area is 160 Å². The van der Waals surface area contributed by atoms with Gasteiger partial charge < -0.3 is 0 Å². The Morgan fingerprint density at radius 2 is 1.88 bits per heavy atom. The van der Waals surface area contributed by atoms with Crippen LogP contribution < -0.4 is 0 Å². The smallest absolute Gasteiger partial charge is 0.0410 e. The van der Waals surface area contributed by atoms with Crippen LogP contribution in [0.1, 0.15) is 67.5 Å². The summed E-state index contributed by atoms with van der Waals surface area (Å²) < 4.78 is 0. The summed E-state index contributed by atoms with van der Waals surface area (Å²) in [4.78, 5) is 4.58. The van der Waals surface area contributed by atoms with Gasteiger partial charge in [0.2, 0.25) is 0 Å².